The van der Waals surface area contributed by atoms with Crippen LogP contribution in [0.3, 0.4) is 0 Å². The molecule has 0 unspecified atom stereocenters. The van der Waals surface area contributed by atoms with E-state index in [0.29, 0.717) is 26.0 Å². The number of ether oxygens (including phenoxy) is 1. The van der Waals surface area contributed by atoms with Crippen molar-refractivity contribution in [2.24, 2.45) is 5.92 Å². The van der Waals surface area contributed by atoms with Gasteiger partial charge in [-0.15, -0.1) is 0 Å². The summed E-state index contributed by atoms with van der Waals surface area (Å²) < 4.78 is 5.52. The van der Waals surface area contributed by atoms with E-state index in [-0.39, 0.29) is 17.7 Å². The van der Waals surface area contributed by atoms with Crippen molar-refractivity contribution in [1.29, 1.82) is 0 Å². The van der Waals surface area contributed by atoms with Crippen molar-refractivity contribution < 1.29 is 24.2 Å². The van der Waals surface area contributed by atoms with Gasteiger partial charge in [-0.25, -0.2) is 9.59 Å². The largest absolute Gasteiger partial charge is 0.480 e. The number of rotatable bonds is 12. The zero-order valence-electron chi connectivity index (χ0n) is 19.9. The topological polar surface area (TPSA) is 105 Å². The highest BCUT2D eigenvalue weighted by atomic mass is 16.5. The number of hydrogen-bond donors (Lipinski definition) is 3. The molecule has 0 aliphatic heterocycles. The van der Waals surface area contributed by atoms with Crippen molar-refractivity contribution in [3.05, 3.63) is 59.7 Å². The van der Waals surface area contributed by atoms with E-state index < -0.39 is 18.1 Å². The second kappa shape index (κ2) is 12.2. The van der Waals surface area contributed by atoms with E-state index in [1.54, 1.807) is 13.8 Å². The fourth-order valence-corrected chi connectivity index (χ4v) is 4.36. The summed E-state index contributed by atoms with van der Waals surface area (Å²) in [6.45, 7) is 4.34. The van der Waals surface area contributed by atoms with Gasteiger partial charge in [0.05, 0.1) is 0 Å². The Morgan fingerprint density at radius 2 is 1.50 bits per heavy atom. The van der Waals surface area contributed by atoms with Gasteiger partial charge in [-0.05, 0) is 41.0 Å². The molecule has 0 aromatic heterocycles. The van der Waals surface area contributed by atoms with Gasteiger partial charge in [0.25, 0.3) is 0 Å². The SMILES string of the molecule is CC(C)[C@@H](NC(=O)CCCCCCNC(=O)OCC1c2ccccc2-c2ccccc21)C(=O)O. The molecular weight excluding hydrogens is 432 g/mol. The van der Waals surface area contributed by atoms with E-state index in [2.05, 4.69) is 34.9 Å². The number of fused-ring (bicyclic) bond motifs is 3. The summed E-state index contributed by atoms with van der Waals surface area (Å²) in [5, 5.41) is 14.5. The molecule has 2 aromatic carbocycles. The van der Waals surface area contributed by atoms with Crippen LogP contribution in [-0.2, 0) is 14.3 Å². The molecule has 2 amide bonds. The predicted molar refractivity (Wildman–Crippen MR) is 131 cm³/mol. The number of amides is 2. The van der Waals surface area contributed by atoms with Crippen LogP contribution in [-0.4, -0.2) is 42.3 Å². The van der Waals surface area contributed by atoms with Gasteiger partial charge < -0.3 is 20.5 Å². The molecule has 1 aliphatic rings. The zero-order chi connectivity index (χ0) is 24.5. The maximum absolute atomic E-state index is 12.2. The van der Waals surface area contributed by atoms with Gasteiger partial charge in [0.1, 0.15) is 12.6 Å². The van der Waals surface area contributed by atoms with E-state index in [1.807, 2.05) is 24.3 Å². The van der Waals surface area contributed by atoms with Gasteiger partial charge in [-0.3, -0.25) is 4.79 Å². The molecule has 1 aliphatic carbocycles. The van der Waals surface area contributed by atoms with Crippen molar-refractivity contribution in [2.45, 2.75) is 57.9 Å². The molecule has 34 heavy (non-hydrogen) atoms. The number of carbonyl (C=O) groups is 3. The third-order valence-electron chi connectivity index (χ3n) is 6.19. The second-order valence-electron chi connectivity index (χ2n) is 9.04. The number of hydrogen-bond acceptors (Lipinski definition) is 4. The number of nitrogens with one attached hydrogen (secondary N) is 2. The van der Waals surface area contributed by atoms with Crippen molar-refractivity contribution in [1.82, 2.24) is 10.6 Å². The Balaban J connectivity index is 1.30. The smallest absolute Gasteiger partial charge is 0.407 e. The summed E-state index contributed by atoms with van der Waals surface area (Å²) in [5.41, 5.74) is 4.76. The van der Waals surface area contributed by atoms with Crippen molar-refractivity contribution in [3.63, 3.8) is 0 Å². The number of benzene rings is 2. The van der Waals surface area contributed by atoms with Crippen LogP contribution in [0.2, 0.25) is 0 Å². The highest BCUT2D eigenvalue weighted by Gasteiger charge is 2.29. The van der Waals surface area contributed by atoms with Crippen LogP contribution in [0, 0.1) is 5.92 Å². The van der Waals surface area contributed by atoms with E-state index >= 15 is 0 Å². The molecule has 7 heteroatoms. The van der Waals surface area contributed by atoms with Crippen LogP contribution in [0.5, 0.6) is 0 Å². The lowest BCUT2D eigenvalue weighted by Gasteiger charge is -2.17. The molecular formula is C27H34N2O5. The highest BCUT2D eigenvalue weighted by molar-refractivity contribution is 5.83. The van der Waals surface area contributed by atoms with Crippen LogP contribution in [0.4, 0.5) is 4.79 Å². The quantitative estimate of drug-likeness (QED) is 0.393. The van der Waals surface area contributed by atoms with E-state index in [4.69, 9.17) is 9.84 Å². The minimum atomic E-state index is -1.01. The van der Waals surface area contributed by atoms with Crippen LogP contribution < -0.4 is 10.6 Å². The minimum absolute atomic E-state index is 0.0423. The molecule has 7 nitrogen and oxygen atoms in total. The molecule has 0 spiro atoms. The Morgan fingerprint density at radius 1 is 0.912 bits per heavy atom. The van der Waals surface area contributed by atoms with Crippen molar-refractivity contribution >= 4 is 18.0 Å². The summed E-state index contributed by atoms with van der Waals surface area (Å²) in [6.07, 6.45) is 3.05. The molecule has 2 aromatic rings. The number of carboxylic acids is 1. The second-order valence-corrected chi connectivity index (χ2v) is 9.04. The van der Waals surface area contributed by atoms with E-state index in [9.17, 15) is 14.4 Å². The Labute approximate surface area is 200 Å². The molecule has 1 atom stereocenters. The fraction of sp³-hybridized carbons (Fsp3) is 0.444. The number of alkyl carbamates (subject to hydrolysis) is 1. The Bertz CT molecular complexity index is 959. The lowest BCUT2D eigenvalue weighted by Crippen LogP contribution is -2.44. The molecule has 3 rings (SSSR count). The van der Waals surface area contributed by atoms with Gasteiger partial charge in [-0.1, -0.05) is 75.2 Å². The Morgan fingerprint density at radius 3 is 2.09 bits per heavy atom. The summed E-state index contributed by atoms with van der Waals surface area (Å²) in [5.74, 6) is -1.37. The molecule has 0 radical (unpaired) electrons. The zero-order valence-corrected chi connectivity index (χ0v) is 19.9. The molecule has 0 saturated carbocycles. The third-order valence-corrected chi connectivity index (χ3v) is 6.19. The van der Waals surface area contributed by atoms with Crippen LogP contribution in [0.1, 0.15) is 63.0 Å². The third kappa shape index (κ3) is 6.59. The summed E-state index contributed by atoms with van der Waals surface area (Å²) >= 11 is 0. The molecule has 0 heterocycles. The maximum Gasteiger partial charge on any atom is 0.407 e. The molecule has 3 N–H and O–H groups in total. The van der Waals surface area contributed by atoms with Crippen molar-refractivity contribution in [2.75, 3.05) is 13.2 Å². The van der Waals surface area contributed by atoms with Crippen LogP contribution >= 0.6 is 0 Å². The van der Waals surface area contributed by atoms with Gasteiger partial charge in [0.2, 0.25) is 5.91 Å². The molecule has 182 valence electrons. The first kappa shape index (κ1) is 25.3. The van der Waals surface area contributed by atoms with Crippen molar-refractivity contribution in [3.8, 4) is 11.1 Å². The summed E-state index contributed by atoms with van der Waals surface area (Å²) in [6, 6.07) is 15.6. The summed E-state index contributed by atoms with van der Waals surface area (Å²) in [4.78, 5) is 35.3. The molecule has 0 saturated heterocycles. The van der Waals surface area contributed by atoms with Gasteiger partial charge in [-0.2, -0.15) is 0 Å². The van der Waals surface area contributed by atoms with Crippen LogP contribution in [0.15, 0.2) is 48.5 Å². The Hall–Kier alpha value is -3.35. The first-order chi connectivity index (χ1) is 16.4. The average Bonchev–Trinajstić information content (AvgIpc) is 3.14. The van der Waals surface area contributed by atoms with Gasteiger partial charge >= 0.3 is 12.1 Å². The number of unbranched alkanes of at least 4 members (excludes halogenated alkanes) is 3. The minimum Gasteiger partial charge on any atom is -0.480 e. The number of aliphatic carboxylic acids is 1. The van der Waals surface area contributed by atoms with Crippen LogP contribution in [0.25, 0.3) is 11.1 Å². The van der Waals surface area contributed by atoms with E-state index in [1.165, 1.54) is 22.3 Å². The number of carboxylic acid groups (broad SMARTS) is 1. The van der Waals surface area contributed by atoms with E-state index in [0.717, 1.165) is 19.3 Å². The monoisotopic (exact) mass is 466 g/mol. The Kier molecular flexibility index (Phi) is 9.08. The summed E-state index contributed by atoms with van der Waals surface area (Å²) in [7, 11) is 0. The van der Waals surface area contributed by atoms with Gasteiger partial charge in [0.15, 0.2) is 0 Å². The standard InChI is InChI=1S/C27H34N2O5/c1-18(2)25(26(31)32)29-24(30)15-5-3-4-10-16-28-27(33)34-17-23-21-13-8-6-11-19(21)20-12-7-9-14-22(20)23/h6-9,11-14,18,23,25H,3-5,10,15-17H2,1-2H3,(H,28,33)(H,29,30)(H,31,32)/t25-/m1/s1. The normalized spacial score (nSPS) is 13.1. The molecule has 0 fully saturated rings. The predicted octanol–water partition coefficient (Wildman–Crippen LogP) is 4.70. The first-order valence-corrected chi connectivity index (χ1v) is 12.0. The number of carbonyl (C=O) groups excluding carboxylic acids is 2. The fourth-order valence-electron chi connectivity index (χ4n) is 4.36. The average molecular weight is 467 g/mol. The molecule has 0 bridgehead atoms. The maximum atomic E-state index is 12.2. The first-order valence-electron chi connectivity index (χ1n) is 12.0. The van der Waals surface area contributed by atoms with Gasteiger partial charge in [0, 0.05) is 18.9 Å². The lowest BCUT2D eigenvalue weighted by atomic mass is 9.98. The lowest BCUT2D eigenvalue weighted by molar-refractivity contribution is -0.143. The highest BCUT2D eigenvalue weighted by Crippen LogP contribution is 2.44.